The Bertz CT molecular complexity index is 358. The minimum Gasteiger partial charge on any atom is -0.353 e. The summed E-state index contributed by atoms with van der Waals surface area (Å²) in [5.74, 6) is 0.0353. The van der Waals surface area contributed by atoms with E-state index in [0.717, 1.165) is 0 Å². The summed E-state index contributed by atoms with van der Waals surface area (Å²) < 4.78 is 0. The fourth-order valence-electron chi connectivity index (χ4n) is 1.40. The summed E-state index contributed by atoms with van der Waals surface area (Å²) in [5.41, 5.74) is 1.17. The molecular weight excluding hydrogens is 212 g/mol. The molecule has 17 heavy (non-hydrogen) atoms. The largest absolute Gasteiger partial charge is 0.353 e. The lowest BCUT2D eigenvalue weighted by molar-refractivity contribution is -0.120. The number of benzene rings is 1. The predicted octanol–water partition coefficient (Wildman–Crippen LogP) is 1.81. The first kappa shape index (κ1) is 13.5. The molecule has 3 nitrogen and oxygen atoms in total. The molecule has 0 aliphatic carbocycles. The van der Waals surface area contributed by atoms with Gasteiger partial charge in [0, 0.05) is 12.6 Å². The number of nitrogens with one attached hydrogen (secondary N) is 2. The second-order valence-electron chi connectivity index (χ2n) is 4.17. The van der Waals surface area contributed by atoms with Crippen LogP contribution in [0.2, 0.25) is 0 Å². The average Bonchev–Trinajstić information content (AvgIpc) is 2.29. The van der Waals surface area contributed by atoms with Gasteiger partial charge in [0.2, 0.25) is 5.91 Å². The van der Waals surface area contributed by atoms with Crippen LogP contribution in [0.1, 0.15) is 19.4 Å². The summed E-state index contributed by atoms with van der Waals surface area (Å²) >= 11 is 0. The Morgan fingerprint density at radius 1 is 1.29 bits per heavy atom. The van der Waals surface area contributed by atoms with Gasteiger partial charge in [-0.3, -0.25) is 4.79 Å². The quantitative estimate of drug-likeness (QED) is 0.734. The third kappa shape index (κ3) is 6.53. The molecule has 0 saturated heterocycles. The second kappa shape index (κ2) is 7.63. The summed E-state index contributed by atoms with van der Waals surface area (Å²) in [5, 5.41) is 5.89. The number of carbonyl (C=O) groups is 1. The van der Waals surface area contributed by atoms with Crippen LogP contribution in [0.25, 0.3) is 6.08 Å². The molecule has 0 heterocycles. The van der Waals surface area contributed by atoms with Gasteiger partial charge < -0.3 is 10.6 Å². The summed E-state index contributed by atoms with van der Waals surface area (Å²) in [6, 6.07) is 10.3. The Morgan fingerprint density at radius 3 is 2.65 bits per heavy atom. The van der Waals surface area contributed by atoms with Gasteiger partial charge in [-0.1, -0.05) is 42.5 Å². The van der Waals surface area contributed by atoms with Crippen molar-refractivity contribution in [3.63, 3.8) is 0 Å². The highest BCUT2D eigenvalue weighted by molar-refractivity contribution is 5.78. The molecule has 0 spiro atoms. The molecule has 0 saturated carbocycles. The third-order valence-electron chi connectivity index (χ3n) is 2.11. The van der Waals surface area contributed by atoms with Crippen LogP contribution in [0.3, 0.4) is 0 Å². The first-order valence-electron chi connectivity index (χ1n) is 5.90. The van der Waals surface area contributed by atoms with Crippen molar-refractivity contribution in [2.24, 2.45) is 0 Å². The molecule has 0 unspecified atom stereocenters. The molecule has 0 aliphatic heterocycles. The zero-order valence-corrected chi connectivity index (χ0v) is 10.4. The monoisotopic (exact) mass is 232 g/mol. The van der Waals surface area contributed by atoms with Crippen molar-refractivity contribution in [3.8, 4) is 0 Å². The van der Waals surface area contributed by atoms with Crippen LogP contribution < -0.4 is 10.6 Å². The van der Waals surface area contributed by atoms with Crippen molar-refractivity contribution < 1.29 is 4.79 Å². The van der Waals surface area contributed by atoms with E-state index in [1.54, 1.807) is 0 Å². The van der Waals surface area contributed by atoms with Crippen molar-refractivity contribution in [2.45, 2.75) is 19.9 Å². The Hall–Kier alpha value is -1.61. The van der Waals surface area contributed by atoms with E-state index in [0.29, 0.717) is 13.1 Å². The van der Waals surface area contributed by atoms with Crippen LogP contribution in [0, 0.1) is 0 Å². The van der Waals surface area contributed by atoms with Crippen molar-refractivity contribution in [3.05, 3.63) is 42.0 Å². The van der Waals surface area contributed by atoms with E-state index < -0.39 is 0 Å². The lowest BCUT2D eigenvalue weighted by atomic mass is 10.2. The van der Waals surface area contributed by atoms with Gasteiger partial charge in [0.25, 0.3) is 0 Å². The van der Waals surface area contributed by atoms with Crippen LogP contribution >= 0.6 is 0 Å². The number of amides is 1. The molecule has 3 heteroatoms. The standard InChI is InChI=1S/C14H20N2O/c1-12(2)16-14(17)11-15-10-6-9-13-7-4-3-5-8-13/h3-9,12,15H,10-11H2,1-2H3,(H,16,17). The van der Waals surface area contributed by atoms with Crippen molar-refractivity contribution in [1.82, 2.24) is 10.6 Å². The number of rotatable bonds is 6. The molecule has 2 N–H and O–H groups in total. The van der Waals surface area contributed by atoms with Crippen LogP contribution in [-0.4, -0.2) is 25.0 Å². The lowest BCUT2D eigenvalue weighted by Crippen LogP contribution is -2.37. The Kier molecular flexibility index (Phi) is 6.04. The molecule has 1 aromatic carbocycles. The lowest BCUT2D eigenvalue weighted by Gasteiger charge is -2.07. The highest BCUT2D eigenvalue weighted by Crippen LogP contribution is 1.99. The maximum Gasteiger partial charge on any atom is 0.234 e. The Morgan fingerprint density at radius 2 is 2.00 bits per heavy atom. The number of carbonyl (C=O) groups excluding carboxylic acids is 1. The van der Waals surface area contributed by atoms with Crippen molar-refractivity contribution in [2.75, 3.05) is 13.1 Å². The summed E-state index contributed by atoms with van der Waals surface area (Å²) in [4.78, 5) is 11.3. The van der Waals surface area contributed by atoms with Gasteiger partial charge in [0.15, 0.2) is 0 Å². The Labute approximate surface area is 103 Å². The van der Waals surface area contributed by atoms with E-state index >= 15 is 0 Å². The van der Waals surface area contributed by atoms with Crippen LogP contribution in [0.4, 0.5) is 0 Å². The molecule has 0 aliphatic rings. The molecule has 1 aromatic rings. The number of hydrogen-bond donors (Lipinski definition) is 2. The first-order valence-corrected chi connectivity index (χ1v) is 5.90. The summed E-state index contributed by atoms with van der Waals surface area (Å²) in [6.07, 6.45) is 4.05. The van der Waals surface area contributed by atoms with Crippen LogP contribution in [0.15, 0.2) is 36.4 Å². The normalized spacial score (nSPS) is 11.0. The molecule has 1 amide bonds. The van der Waals surface area contributed by atoms with E-state index in [1.165, 1.54) is 5.56 Å². The van der Waals surface area contributed by atoms with Crippen LogP contribution in [-0.2, 0) is 4.79 Å². The van der Waals surface area contributed by atoms with E-state index in [1.807, 2.05) is 56.3 Å². The smallest absolute Gasteiger partial charge is 0.234 e. The molecule has 0 radical (unpaired) electrons. The topological polar surface area (TPSA) is 41.1 Å². The fourth-order valence-corrected chi connectivity index (χ4v) is 1.40. The van der Waals surface area contributed by atoms with Gasteiger partial charge in [-0.15, -0.1) is 0 Å². The highest BCUT2D eigenvalue weighted by Gasteiger charge is 2.00. The molecule has 0 aromatic heterocycles. The second-order valence-corrected chi connectivity index (χ2v) is 4.17. The van der Waals surface area contributed by atoms with Gasteiger partial charge >= 0.3 is 0 Å². The maximum atomic E-state index is 11.3. The minimum atomic E-state index is 0.0353. The molecule has 0 atom stereocenters. The zero-order chi connectivity index (χ0) is 12.5. The van der Waals surface area contributed by atoms with E-state index in [-0.39, 0.29) is 11.9 Å². The zero-order valence-electron chi connectivity index (χ0n) is 10.4. The molecule has 92 valence electrons. The summed E-state index contributed by atoms with van der Waals surface area (Å²) in [6.45, 7) is 4.96. The SMILES string of the molecule is CC(C)NC(=O)CNCC=Cc1ccccc1. The maximum absolute atomic E-state index is 11.3. The minimum absolute atomic E-state index is 0.0353. The third-order valence-corrected chi connectivity index (χ3v) is 2.11. The van der Waals surface area contributed by atoms with Gasteiger partial charge in [0.1, 0.15) is 0 Å². The van der Waals surface area contributed by atoms with E-state index in [4.69, 9.17) is 0 Å². The van der Waals surface area contributed by atoms with Gasteiger partial charge in [-0.25, -0.2) is 0 Å². The summed E-state index contributed by atoms with van der Waals surface area (Å²) in [7, 11) is 0. The van der Waals surface area contributed by atoms with Gasteiger partial charge in [-0.2, -0.15) is 0 Å². The highest BCUT2D eigenvalue weighted by atomic mass is 16.1. The number of hydrogen-bond acceptors (Lipinski definition) is 2. The van der Waals surface area contributed by atoms with Crippen LogP contribution in [0.5, 0.6) is 0 Å². The van der Waals surface area contributed by atoms with Gasteiger partial charge in [-0.05, 0) is 19.4 Å². The van der Waals surface area contributed by atoms with Gasteiger partial charge in [0.05, 0.1) is 6.54 Å². The molecule has 0 bridgehead atoms. The van der Waals surface area contributed by atoms with Crippen molar-refractivity contribution >= 4 is 12.0 Å². The molecular formula is C14H20N2O. The molecule has 1 rings (SSSR count). The Balaban J connectivity index is 2.16. The fraction of sp³-hybridized carbons (Fsp3) is 0.357. The van der Waals surface area contributed by atoms with E-state index in [9.17, 15) is 4.79 Å². The van der Waals surface area contributed by atoms with E-state index in [2.05, 4.69) is 10.6 Å². The average molecular weight is 232 g/mol. The first-order chi connectivity index (χ1) is 8.18. The van der Waals surface area contributed by atoms with Crippen molar-refractivity contribution in [1.29, 1.82) is 0 Å². The molecule has 0 fully saturated rings. The predicted molar refractivity (Wildman–Crippen MR) is 71.6 cm³/mol.